The molecule has 0 saturated carbocycles. The average Bonchev–Trinajstić information content (AvgIpc) is 2.30. The Bertz CT molecular complexity index is 400. The minimum atomic E-state index is -0.441. The number of likely N-dealkylation sites (N-methyl/N-ethyl adjacent to an activating group) is 1. The molecule has 0 amide bonds. The van der Waals surface area contributed by atoms with E-state index in [4.69, 9.17) is 0 Å². The molecule has 0 aliphatic carbocycles. The van der Waals surface area contributed by atoms with Crippen LogP contribution in [-0.4, -0.2) is 41.5 Å². The van der Waals surface area contributed by atoms with Gasteiger partial charge in [-0.25, -0.2) is 0 Å². The monoisotopic (exact) mass is 302 g/mol. The first kappa shape index (κ1) is 13.9. The highest BCUT2D eigenvalue weighted by Crippen LogP contribution is 2.30. The fourth-order valence-corrected chi connectivity index (χ4v) is 1.73. The van der Waals surface area contributed by atoms with Crippen LogP contribution in [0.4, 0.5) is 11.4 Å². The van der Waals surface area contributed by atoms with E-state index in [1.54, 1.807) is 6.20 Å². The summed E-state index contributed by atoms with van der Waals surface area (Å²) in [6.45, 7) is 4.47. The van der Waals surface area contributed by atoms with E-state index in [0.29, 0.717) is 16.7 Å². The van der Waals surface area contributed by atoms with Crippen LogP contribution in [0.3, 0.4) is 0 Å². The molecule has 17 heavy (non-hydrogen) atoms. The van der Waals surface area contributed by atoms with Crippen LogP contribution in [0, 0.1) is 10.1 Å². The largest absolute Gasteiger partial charge is 0.377 e. The van der Waals surface area contributed by atoms with Gasteiger partial charge in [0.25, 0.3) is 0 Å². The van der Waals surface area contributed by atoms with Crippen molar-refractivity contribution in [2.45, 2.75) is 6.92 Å². The highest BCUT2D eigenvalue weighted by atomic mass is 79.9. The van der Waals surface area contributed by atoms with Gasteiger partial charge in [-0.05, 0) is 29.5 Å². The third kappa shape index (κ3) is 3.94. The van der Waals surface area contributed by atoms with E-state index in [9.17, 15) is 10.1 Å². The fourth-order valence-electron chi connectivity index (χ4n) is 1.27. The van der Waals surface area contributed by atoms with Crippen molar-refractivity contribution in [3.8, 4) is 0 Å². The number of nitrogens with one attached hydrogen (secondary N) is 1. The second-order valence-corrected chi connectivity index (χ2v) is 4.45. The van der Waals surface area contributed by atoms with Crippen molar-refractivity contribution in [3.63, 3.8) is 0 Å². The Morgan fingerprint density at radius 3 is 2.88 bits per heavy atom. The highest BCUT2D eigenvalue weighted by Gasteiger charge is 2.16. The van der Waals surface area contributed by atoms with Crippen LogP contribution in [0.25, 0.3) is 0 Å². The quantitative estimate of drug-likeness (QED) is 0.644. The molecule has 1 heterocycles. The number of rotatable bonds is 6. The van der Waals surface area contributed by atoms with Crippen molar-refractivity contribution in [1.82, 2.24) is 9.88 Å². The number of aromatic nitrogens is 1. The zero-order valence-corrected chi connectivity index (χ0v) is 11.4. The van der Waals surface area contributed by atoms with Crippen LogP contribution in [0.15, 0.2) is 16.9 Å². The highest BCUT2D eigenvalue weighted by molar-refractivity contribution is 9.10. The van der Waals surface area contributed by atoms with Gasteiger partial charge in [0.2, 0.25) is 0 Å². The minimum absolute atomic E-state index is 0.0153. The number of hydrogen-bond acceptors (Lipinski definition) is 5. The van der Waals surface area contributed by atoms with Gasteiger partial charge in [-0.3, -0.25) is 15.1 Å². The Morgan fingerprint density at radius 2 is 2.29 bits per heavy atom. The first-order valence-corrected chi connectivity index (χ1v) is 6.05. The van der Waals surface area contributed by atoms with Crippen LogP contribution >= 0.6 is 15.9 Å². The molecule has 94 valence electrons. The summed E-state index contributed by atoms with van der Waals surface area (Å²) in [7, 11) is 2.00. The SMILES string of the molecule is CCN(C)CCNc1c(Br)cncc1[N+](=O)[O-]. The average molecular weight is 303 g/mol. The zero-order chi connectivity index (χ0) is 12.8. The van der Waals surface area contributed by atoms with Crippen LogP contribution in [0.5, 0.6) is 0 Å². The summed E-state index contributed by atoms with van der Waals surface area (Å²) in [5, 5.41) is 13.9. The third-order valence-corrected chi connectivity index (χ3v) is 3.01. The van der Waals surface area contributed by atoms with E-state index in [1.807, 2.05) is 7.05 Å². The maximum absolute atomic E-state index is 10.8. The van der Waals surface area contributed by atoms with E-state index >= 15 is 0 Å². The van der Waals surface area contributed by atoms with Crippen molar-refractivity contribution in [2.75, 3.05) is 32.0 Å². The number of nitrogens with zero attached hydrogens (tertiary/aromatic N) is 3. The van der Waals surface area contributed by atoms with Gasteiger partial charge in [0.05, 0.1) is 9.40 Å². The topological polar surface area (TPSA) is 71.3 Å². The third-order valence-electron chi connectivity index (χ3n) is 2.41. The molecule has 0 spiro atoms. The molecule has 0 atom stereocenters. The first-order chi connectivity index (χ1) is 8.06. The molecule has 0 bridgehead atoms. The number of hydrogen-bond donors (Lipinski definition) is 1. The van der Waals surface area contributed by atoms with Crippen LogP contribution in [-0.2, 0) is 0 Å². The molecule has 1 rings (SSSR count). The summed E-state index contributed by atoms with van der Waals surface area (Å²) >= 11 is 3.26. The summed E-state index contributed by atoms with van der Waals surface area (Å²) in [4.78, 5) is 16.3. The summed E-state index contributed by atoms with van der Waals surface area (Å²) in [5.74, 6) is 0. The molecule has 6 nitrogen and oxygen atoms in total. The lowest BCUT2D eigenvalue weighted by molar-refractivity contribution is -0.384. The lowest BCUT2D eigenvalue weighted by atomic mass is 10.3. The molecule has 1 aromatic rings. The van der Waals surface area contributed by atoms with Gasteiger partial charge in [-0.2, -0.15) is 0 Å². The van der Waals surface area contributed by atoms with Crippen LogP contribution in [0.2, 0.25) is 0 Å². The van der Waals surface area contributed by atoms with E-state index in [-0.39, 0.29) is 5.69 Å². The number of pyridine rings is 1. The number of halogens is 1. The predicted octanol–water partition coefficient (Wildman–Crippen LogP) is 2.12. The van der Waals surface area contributed by atoms with Crippen LogP contribution < -0.4 is 5.32 Å². The van der Waals surface area contributed by atoms with E-state index in [1.165, 1.54) is 6.20 Å². The lowest BCUT2D eigenvalue weighted by Crippen LogP contribution is -2.25. The molecular weight excluding hydrogens is 288 g/mol. The van der Waals surface area contributed by atoms with Gasteiger partial charge in [0, 0.05) is 19.3 Å². The zero-order valence-electron chi connectivity index (χ0n) is 9.81. The van der Waals surface area contributed by atoms with Crippen molar-refractivity contribution in [2.24, 2.45) is 0 Å². The Morgan fingerprint density at radius 1 is 1.59 bits per heavy atom. The van der Waals surface area contributed by atoms with Gasteiger partial charge in [-0.15, -0.1) is 0 Å². The normalized spacial score (nSPS) is 10.6. The molecule has 0 aromatic carbocycles. The Labute approximate surface area is 108 Å². The lowest BCUT2D eigenvalue weighted by Gasteiger charge is -2.15. The van der Waals surface area contributed by atoms with Crippen molar-refractivity contribution in [1.29, 1.82) is 0 Å². The smallest absolute Gasteiger partial charge is 0.311 e. The van der Waals surface area contributed by atoms with E-state index in [2.05, 4.69) is 38.1 Å². The maximum atomic E-state index is 10.8. The van der Waals surface area contributed by atoms with Crippen molar-refractivity contribution >= 4 is 27.3 Å². The van der Waals surface area contributed by atoms with Gasteiger partial charge < -0.3 is 10.2 Å². The van der Waals surface area contributed by atoms with E-state index < -0.39 is 4.92 Å². The summed E-state index contributed by atoms with van der Waals surface area (Å²) in [5.41, 5.74) is 0.466. The second kappa shape index (κ2) is 6.51. The molecular formula is C10H15BrN4O2. The Hall–Kier alpha value is -1.21. The maximum Gasteiger partial charge on any atom is 0.311 e. The van der Waals surface area contributed by atoms with Crippen molar-refractivity contribution in [3.05, 3.63) is 27.0 Å². The summed E-state index contributed by atoms with van der Waals surface area (Å²) in [6.07, 6.45) is 2.79. The Kier molecular flexibility index (Phi) is 5.30. The minimum Gasteiger partial charge on any atom is -0.377 e. The van der Waals surface area contributed by atoms with Gasteiger partial charge in [0.15, 0.2) is 0 Å². The van der Waals surface area contributed by atoms with Gasteiger partial charge >= 0.3 is 5.69 Å². The van der Waals surface area contributed by atoms with Gasteiger partial charge in [0.1, 0.15) is 11.9 Å². The molecule has 0 aliphatic heterocycles. The Balaban J connectivity index is 2.72. The summed E-state index contributed by atoms with van der Waals surface area (Å²) in [6, 6.07) is 0. The molecule has 0 radical (unpaired) electrons. The number of nitro groups is 1. The molecule has 0 saturated heterocycles. The molecule has 0 fully saturated rings. The molecule has 7 heteroatoms. The van der Waals surface area contributed by atoms with Crippen LogP contribution in [0.1, 0.15) is 6.92 Å². The number of anilines is 1. The molecule has 0 unspecified atom stereocenters. The van der Waals surface area contributed by atoms with Gasteiger partial charge in [-0.1, -0.05) is 6.92 Å². The predicted molar refractivity (Wildman–Crippen MR) is 70.3 cm³/mol. The summed E-state index contributed by atoms with van der Waals surface area (Å²) < 4.78 is 0.603. The standard InChI is InChI=1S/C10H15BrN4O2/c1-3-14(2)5-4-13-10-8(11)6-12-7-9(10)15(16)17/h6-7H,3-5H2,1-2H3,(H,12,13). The fraction of sp³-hybridized carbons (Fsp3) is 0.500. The van der Waals surface area contributed by atoms with E-state index in [0.717, 1.165) is 13.1 Å². The molecule has 1 N–H and O–H groups in total. The first-order valence-electron chi connectivity index (χ1n) is 5.26. The van der Waals surface area contributed by atoms with Crippen molar-refractivity contribution < 1.29 is 4.92 Å². The molecule has 1 aromatic heterocycles. The second-order valence-electron chi connectivity index (χ2n) is 3.60. The molecule has 0 aliphatic rings.